The molecule has 2 unspecified atom stereocenters. The number of rotatable bonds is 4. The average molecular weight is 220 g/mol. The molecule has 90 valence electrons. The van der Waals surface area contributed by atoms with E-state index in [0.29, 0.717) is 12.0 Å². The van der Waals surface area contributed by atoms with Crippen LogP contribution in [-0.4, -0.2) is 43.0 Å². The fraction of sp³-hybridized carbons (Fsp3) is 1.00. The minimum absolute atomic E-state index is 0.0800. The SMILES string of the molecule is CCC1CNC(C(C)C)CN1CC(F)F. The number of piperazine rings is 1. The lowest BCUT2D eigenvalue weighted by atomic mass is 9.98. The number of alkyl halides is 2. The topological polar surface area (TPSA) is 15.3 Å². The maximum atomic E-state index is 12.4. The summed E-state index contributed by atoms with van der Waals surface area (Å²) >= 11 is 0. The Balaban J connectivity index is 2.53. The van der Waals surface area contributed by atoms with E-state index >= 15 is 0 Å². The summed E-state index contributed by atoms with van der Waals surface area (Å²) in [5.74, 6) is 0.503. The Morgan fingerprint density at radius 3 is 2.53 bits per heavy atom. The molecule has 1 aliphatic rings. The highest BCUT2D eigenvalue weighted by atomic mass is 19.3. The monoisotopic (exact) mass is 220 g/mol. The molecule has 1 rings (SSSR count). The van der Waals surface area contributed by atoms with Gasteiger partial charge < -0.3 is 5.32 Å². The molecular weight excluding hydrogens is 198 g/mol. The third kappa shape index (κ3) is 3.68. The fourth-order valence-electron chi connectivity index (χ4n) is 2.13. The minimum Gasteiger partial charge on any atom is -0.311 e. The zero-order chi connectivity index (χ0) is 11.4. The molecule has 0 aromatic rings. The van der Waals surface area contributed by atoms with Gasteiger partial charge in [-0.25, -0.2) is 8.78 Å². The summed E-state index contributed by atoms with van der Waals surface area (Å²) in [6.45, 7) is 7.82. The van der Waals surface area contributed by atoms with Gasteiger partial charge in [-0.1, -0.05) is 20.8 Å². The van der Waals surface area contributed by atoms with Gasteiger partial charge >= 0.3 is 0 Å². The molecule has 0 spiro atoms. The molecule has 0 saturated carbocycles. The predicted molar refractivity (Wildman–Crippen MR) is 58.3 cm³/mol. The lowest BCUT2D eigenvalue weighted by Gasteiger charge is -2.41. The van der Waals surface area contributed by atoms with E-state index in [-0.39, 0.29) is 12.6 Å². The fourth-order valence-corrected chi connectivity index (χ4v) is 2.13. The second-order valence-electron chi connectivity index (χ2n) is 4.67. The molecule has 1 saturated heterocycles. The second kappa shape index (κ2) is 5.75. The Kier molecular flexibility index (Phi) is 4.93. The van der Waals surface area contributed by atoms with Crippen LogP contribution in [0.2, 0.25) is 0 Å². The molecule has 15 heavy (non-hydrogen) atoms. The van der Waals surface area contributed by atoms with Gasteiger partial charge in [0.15, 0.2) is 0 Å². The molecule has 0 aliphatic carbocycles. The summed E-state index contributed by atoms with van der Waals surface area (Å²) < 4.78 is 24.8. The molecule has 0 aromatic heterocycles. The van der Waals surface area contributed by atoms with Crippen LogP contribution in [0.1, 0.15) is 27.2 Å². The van der Waals surface area contributed by atoms with Crippen molar-refractivity contribution in [3.05, 3.63) is 0 Å². The number of nitrogens with one attached hydrogen (secondary N) is 1. The van der Waals surface area contributed by atoms with Crippen molar-refractivity contribution in [3.63, 3.8) is 0 Å². The van der Waals surface area contributed by atoms with Gasteiger partial charge in [0.2, 0.25) is 0 Å². The molecule has 2 atom stereocenters. The Hall–Kier alpha value is -0.220. The third-order valence-electron chi connectivity index (χ3n) is 3.21. The molecule has 4 heteroatoms. The van der Waals surface area contributed by atoms with Gasteiger partial charge in [0, 0.05) is 25.2 Å². The zero-order valence-electron chi connectivity index (χ0n) is 9.84. The highest BCUT2D eigenvalue weighted by molar-refractivity contribution is 4.87. The Morgan fingerprint density at radius 1 is 1.40 bits per heavy atom. The minimum atomic E-state index is -2.22. The van der Waals surface area contributed by atoms with Gasteiger partial charge in [0.1, 0.15) is 0 Å². The molecule has 1 heterocycles. The van der Waals surface area contributed by atoms with Crippen LogP contribution in [-0.2, 0) is 0 Å². The van der Waals surface area contributed by atoms with E-state index in [4.69, 9.17) is 0 Å². The quantitative estimate of drug-likeness (QED) is 0.779. The summed E-state index contributed by atoms with van der Waals surface area (Å²) in [7, 11) is 0. The van der Waals surface area contributed by atoms with Gasteiger partial charge in [0.05, 0.1) is 6.54 Å². The van der Waals surface area contributed by atoms with E-state index in [2.05, 4.69) is 26.1 Å². The molecular formula is C11H22F2N2. The first-order valence-electron chi connectivity index (χ1n) is 5.80. The molecule has 1 fully saturated rings. The summed E-state index contributed by atoms with van der Waals surface area (Å²) in [4.78, 5) is 1.94. The van der Waals surface area contributed by atoms with Crippen molar-refractivity contribution in [1.82, 2.24) is 10.2 Å². The Morgan fingerprint density at radius 2 is 2.07 bits per heavy atom. The molecule has 2 nitrogen and oxygen atoms in total. The molecule has 0 bridgehead atoms. The third-order valence-corrected chi connectivity index (χ3v) is 3.21. The largest absolute Gasteiger partial charge is 0.311 e. The van der Waals surface area contributed by atoms with E-state index in [0.717, 1.165) is 19.5 Å². The highest BCUT2D eigenvalue weighted by Crippen LogP contribution is 2.16. The van der Waals surface area contributed by atoms with E-state index in [1.807, 2.05) is 4.90 Å². The van der Waals surface area contributed by atoms with Crippen molar-refractivity contribution >= 4 is 0 Å². The second-order valence-corrected chi connectivity index (χ2v) is 4.67. The lowest BCUT2D eigenvalue weighted by molar-refractivity contribution is 0.0358. The summed E-state index contributed by atoms with van der Waals surface area (Å²) in [5.41, 5.74) is 0. The van der Waals surface area contributed by atoms with Gasteiger partial charge in [-0.3, -0.25) is 4.90 Å². The smallest absolute Gasteiger partial charge is 0.251 e. The van der Waals surface area contributed by atoms with Crippen LogP contribution in [0.4, 0.5) is 8.78 Å². The van der Waals surface area contributed by atoms with Crippen LogP contribution in [0.5, 0.6) is 0 Å². The van der Waals surface area contributed by atoms with Crippen molar-refractivity contribution in [3.8, 4) is 0 Å². The number of nitrogens with zero attached hydrogens (tertiary/aromatic N) is 1. The van der Waals surface area contributed by atoms with Gasteiger partial charge in [-0.05, 0) is 12.3 Å². The standard InChI is InChI=1S/C11H22F2N2/c1-4-9-5-14-10(8(2)3)6-15(9)7-11(12)13/h8-11,14H,4-7H2,1-3H3. The maximum absolute atomic E-state index is 12.4. The van der Waals surface area contributed by atoms with E-state index in [1.165, 1.54) is 0 Å². The summed E-state index contributed by atoms with van der Waals surface area (Å²) in [6.07, 6.45) is -1.28. The molecule has 1 aliphatic heterocycles. The highest BCUT2D eigenvalue weighted by Gasteiger charge is 2.29. The first-order valence-corrected chi connectivity index (χ1v) is 5.80. The molecule has 0 radical (unpaired) electrons. The van der Waals surface area contributed by atoms with Crippen LogP contribution < -0.4 is 5.32 Å². The van der Waals surface area contributed by atoms with Crippen molar-refractivity contribution < 1.29 is 8.78 Å². The van der Waals surface area contributed by atoms with Crippen LogP contribution in [0.25, 0.3) is 0 Å². The van der Waals surface area contributed by atoms with Gasteiger partial charge in [-0.2, -0.15) is 0 Å². The first kappa shape index (κ1) is 12.8. The van der Waals surface area contributed by atoms with Crippen LogP contribution >= 0.6 is 0 Å². The van der Waals surface area contributed by atoms with Crippen molar-refractivity contribution in [2.24, 2.45) is 5.92 Å². The van der Waals surface area contributed by atoms with Crippen LogP contribution in [0, 0.1) is 5.92 Å². The van der Waals surface area contributed by atoms with E-state index in [9.17, 15) is 8.78 Å². The van der Waals surface area contributed by atoms with Crippen molar-refractivity contribution in [1.29, 1.82) is 0 Å². The molecule has 0 amide bonds. The zero-order valence-corrected chi connectivity index (χ0v) is 9.84. The summed E-state index contributed by atoms with van der Waals surface area (Å²) in [6, 6.07) is 0.626. The van der Waals surface area contributed by atoms with E-state index in [1.54, 1.807) is 0 Å². The number of halogens is 2. The first-order chi connectivity index (χ1) is 7.04. The van der Waals surface area contributed by atoms with Gasteiger partial charge in [0.25, 0.3) is 6.43 Å². The molecule has 0 aromatic carbocycles. The number of hydrogen-bond acceptors (Lipinski definition) is 2. The van der Waals surface area contributed by atoms with Crippen LogP contribution in [0.3, 0.4) is 0 Å². The van der Waals surface area contributed by atoms with Crippen LogP contribution in [0.15, 0.2) is 0 Å². The Labute approximate surface area is 91.0 Å². The van der Waals surface area contributed by atoms with Crippen molar-refractivity contribution in [2.75, 3.05) is 19.6 Å². The molecule has 1 N–H and O–H groups in total. The summed E-state index contributed by atoms with van der Waals surface area (Å²) in [5, 5.41) is 3.44. The van der Waals surface area contributed by atoms with E-state index < -0.39 is 6.43 Å². The van der Waals surface area contributed by atoms with Gasteiger partial charge in [-0.15, -0.1) is 0 Å². The maximum Gasteiger partial charge on any atom is 0.251 e. The number of hydrogen-bond donors (Lipinski definition) is 1. The Bertz CT molecular complexity index is 185. The predicted octanol–water partition coefficient (Wildman–Crippen LogP) is 1.96. The van der Waals surface area contributed by atoms with Crippen molar-refractivity contribution in [2.45, 2.75) is 45.7 Å². The lowest BCUT2D eigenvalue weighted by Crippen LogP contribution is -2.58. The normalized spacial score (nSPS) is 29.0. The average Bonchev–Trinajstić information content (AvgIpc) is 2.16.